The molecule has 0 amide bonds. The van der Waals surface area contributed by atoms with E-state index in [0.29, 0.717) is 18.1 Å². The van der Waals surface area contributed by atoms with Crippen LogP contribution in [0.2, 0.25) is 0 Å². The number of benzene rings is 1. The van der Waals surface area contributed by atoms with Gasteiger partial charge in [0.2, 0.25) is 0 Å². The van der Waals surface area contributed by atoms with Gasteiger partial charge in [-0.05, 0) is 30.2 Å². The zero-order chi connectivity index (χ0) is 12.5. The molecule has 92 valence electrons. The number of carbonyl (C=O) groups is 1. The summed E-state index contributed by atoms with van der Waals surface area (Å²) in [7, 11) is 1.61. The highest BCUT2D eigenvalue weighted by atomic mass is 16.5. The van der Waals surface area contributed by atoms with Gasteiger partial charge in [0.1, 0.15) is 6.29 Å². The highest BCUT2D eigenvalue weighted by Gasteiger charge is 2.04. The van der Waals surface area contributed by atoms with Crippen molar-refractivity contribution in [2.45, 2.75) is 19.8 Å². The Bertz CT molecular complexity index is 383. The van der Waals surface area contributed by atoms with Crippen LogP contribution in [-0.2, 0) is 4.79 Å². The average Bonchev–Trinajstić information content (AvgIpc) is 2.37. The van der Waals surface area contributed by atoms with Crippen molar-refractivity contribution in [3.05, 3.63) is 29.8 Å². The monoisotopic (exact) mass is 234 g/mol. The molecule has 0 saturated carbocycles. The molecule has 0 aliphatic carbocycles. The number of unbranched alkanes of at least 4 members (excludes halogenated alkanes) is 1. The van der Waals surface area contributed by atoms with E-state index in [1.54, 1.807) is 13.2 Å². The first-order valence-electron chi connectivity index (χ1n) is 5.74. The maximum absolute atomic E-state index is 10.3. The van der Waals surface area contributed by atoms with Crippen molar-refractivity contribution in [1.29, 1.82) is 0 Å². The topological polar surface area (TPSA) is 35.5 Å². The van der Waals surface area contributed by atoms with Crippen molar-refractivity contribution in [3.63, 3.8) is 0 Å². The van der Waals surface area contributed by atoms with Gasteiger partial charge < -0.3 is 9.47 Å². The first-order chi connectivity index (χ1) is 8.31. The summed E-state index contributed by atoms with van der Waals surface area (Å²) in [4.78, 5) is 10.3. The molecule has 3 nitrogen and oxygen atoms in total. The molecule has 0 heterocycles. The summed E-state index contributed by atoms with van der Waals surface area (Å²) in [6.45, 7) is 2.79. The molecule has 0 aromatic heterocycles. The van der Waals surface area contributed by atoms with Gasteiger partial charge >= 0.3 is 0 Å². The molecule has 3 heteroatoms. The van der Waals surface area contributed by atoms with Gasteiger partial charge in [0.25, 0.3) is 0 Å². The van der Waals surface area contributed by atoms with Gasteiger partial charge in [-0.2, -0.15) is 0 Å². The van der Waals surface area contributed by atoms with Crippen molar-refractivity contribution < 1.29 is 14.3 Å². The fraction of sp³-hybridized carbons (Fsp3) is 0.357. The van der Waals surface area contributed by atoms with E-state index in [1.807, 2.05) is 18.2 Å². The number of ether oxygens (including phenoxy) is 2. The van der Waals surface area contributed by atoms with Crippen LogP contribution in [0.15, 0.2) is 24.3 Å². The summed E-state index contributed by atoms with van der Waals surface area (Å²) in [5, 5.41) is 0. The third-order valence-electron chi connectivity index (χ3n) is 2.31. The second-order valence-corrected chi connectivity index (χ2v) is 3.61. The Morgan fingerprint density at radius 1 is 1.29 bits per heavy atom. The normalized spacial score (nSPS) is 10.5. The van der Waals surface area contributed by atoms with Gasteiger partial charge in [0, 0.05) is 0 Å². The Kier molecular flexibility index (Phi) is 5.86. The van der Waals surface area contributed by atoms with Crippen LogP contribution < -0.4 is 9.47 Å². The highest BCUT2D eigenvalue weighted by Crippen LogP contribution is 2.28. The van der Waals surface area contributed by atoms with Crippen molar-refractivity contribution in [2.24, 2.45) is 0 Å². The summed E-state index contributed by atoms with van der Waals surface area (Å²) >= 11 is 0. The Balaban J connectivity index is 2.81. The minimum Gasteiger partial charge on any atom is -0.493 e. The summed E-state index contributed by atoms with van der Waals surface area (Å²) in [6.07, 6.45) is 6.04. The minimum absolute atomic E-state index is 0.674. The maximum atomic E-state index is 10.3. The van der Waals surface area contributed by atoms with Crippen molar-refractivity contribution in [1.82, 2.24) is 0 Å². The van der Waals surface area contributed by atoms with Crippen LogP contribution in [0.1, 0.15) is 25.3 Å². The lowest BCUT2D eigenvalue weighted by Crippen LogP contribution is -1.99. The van der Waals surface area contributed by atoms with Gasteiger partial charge in [-0.1, -0.05) is 25.5 Å². The summed E-state index contributed by atoms with van der Waals surface area (Å²) in [5.74, 6) is 1.43. The molecule has 0 spiro atoms. The number of methoxy groups -OCH3 is 1. The third kappa shape index (κ3) is 4.31. The standard InChI is InChI=1S/C14H18O3/c1-3-4-10-17-14-11-12(6-5-9-15)7-8-13(14)16-2/h5-9,11H,3-4,10H2,1-2H3/b6-5+. The average molecular weight is 234 g/mol. The van der Waals surface area contributed by atoms with Crippen LogP contribution >= 0.6 is 0 Å². The van der Waals surface area contributed by atoms with Crippen molar-refractivity contribution in [2.75, 3.05) is 13.7 Å². The molecule has 0 fully saturated rings. The Labute approximate surface area is 102 Å². The second kappa shape index (κ2) is 7.49. The van der Waals surface area contributed by atoms with Gasteiger partial charge in [-0.15, -0.1) is 0 Å². The Morgan fingerprint density at radius 3 is 2.76 bits per heavy atom. The van der Waals surface area contributed by atoms with Gasteiger partial charge in [-0.3, -0.25) is 4.79 Å². The summed E-state index contributed by atoms with van der Waals surface area (Å²) in [6, 6.07) is 5.59. The van der Waals surface area contributed by atoms with Gasteiger partial charge in [0.15, 0.2) is 11.5 Å². The van der Waals surface area contributed by atoms with Crippen LogP contribution in [-0.4, -0.2) is 20.0 Å². The van der Waals surface area contributed by atoms with Crippen molar-refractivity contribution in [3.8, 4) is 11.5 Å². The molecule has 1 rings (SSSR count). The molecule has 0 N–H and O–H groups in total. The smallest absolute Gasteiger partial charge is 0.161 e. The molecule has 0 atom stereocenters. The fourth-order valence-electron chi connectivity index (χ4n) is 1.39. The number of aldehydes is 1. The molecular formula is C14H18O3. The van der Waals surface area contributed by atoms with Gasteiger partial charge in [0.05, 0.1) is 13.7 Å². The molecule has 1 aromatic carbocycles. The molecule has 0 bridgehead atoms. The first-order valence-corrected chi connectivity index (χ1v) is 5.74. The number of rotatable bonds is 7. The van der Waals surface area contributed by atoms with E-state index in [4.69, 9.17) is 9.47 Å². The lowest BCUT2D eigenvalue weighted by atomic mass is 10.2. The molecule has 17 heavy (non-hydrogen) atoms. The highest BCUT2D eigenvalue weighted by molar-refractivity contribution is 5.74. The van der Waals surface area contributed by atoms with E-state index in [9.17, 15) is 4.79 Å². The van der Waals surface area contributed by atoms with E-state index >= 15 is 0 Å². The summed E-state index contributed by atoms with van der Waals surface area (Å²) in [5.41, 5.74) is 0.921. The molecule has 1 aromatic rings. The SMILES string of the molecule is CCCCOc1cc(/C=C/C=O)ccc1OC. The van der Waals surface area contributed by atoms with E-state index in [1.165, 1.54) is 6.08 Å². The first kappa shape index (κ1) is 13.3. The lowest BCUT2D eigenvalue weighted by molar-refractivity contribution is -0.104. The predicted octanol–water partition coefficient (Wildman–Crippen LogP) is 3.09. The Morgan fingerprint density at radius 2 is 2.12 bits per heavy atom. The molecule has 0 aliphatic rings. The van der Waals surface area contributed by atoms with Crippen LogP contribution in [0.5, 0.6) is 11.5 Å². The van der Waals surface area contributed by atoms with Crippen LogP contribution in [0, 0.1) is 0 Å². The Hall–Kier alpha value is -1.77. The largest absolute Gasteiger partial charge is 0.493 e. The molecule has 0 saturated heterocycles. The van der Waals surface area contributed by atoms with Crippen molar-refractivity contribution >= 4 is 12.4 Å². The number of hydrogen-bond acceptors (Lipinski definition) is 3. The number of carbonyl (C=O) groups excluding carboxylic acids is 1. The third-order valence-corrected chi connectivity index (χ3v) is 2.31. The van der Waals surface area contributed by atoms with E-state index < -0.39 is 0 Å². The number of hydrogen-bond donors (Lipinski definition) is 0. The van der Waals surface area contributed by atoms with Crippen LogP contribution in [0.4, 0.5) is 0 Å². The zero-order valence-electron chi connectivity index (χ0n) is 10.3. The molecule has 0 radical (unpaired) electrons. The molecule has 0 unspecified atom stereocenters. The van der Waals surface area contributed by atoms with E-state index in [-0.39, 0.29) is 0 Å². The van der Waals surface area contributed by atoms with E-state index in [2.05, 4.69) is 6.92 Å². The summed E-state index contributed by atoms with van der Waals surface area (Å²) < 4.78 is 10.9. The zero-order valence-corrected chi connectivity index (χ0v) is 10.3. The predicted molar refractivity (Wildman–Crippen MR) is 68.5 cm³/mol. The number of allylic oxidation sites excluding steroid dienone is 1. The second-order valence-electron chi connectivity index (χ2n) is 3.61. The van der Waals surface area contributed by atoms with E-state index in [0.717, 1.165) is 24.7 Å². The van der Waals surface area contributed by atoms with Crippen LogP contribution in [0.3, 0.4) is 0 Å². The van der Waals surface area contributed by atoms with Crippen LogP contribution in [0.25, 0.3) is 6.08 Å². The minimum atomic E-state index is 0.674. The fourth-order valence-corrected chi connectivity index (χ4v) is 1.39. The maximum Gasteiger partial charge on any atom is 0.161 e. The lowest BCUT2D eigenvalue weighted by Gasteiger charge is -2.10. The quantitative estimate of drug-likeness (QED) is 0.413. The molecular weight excluding hydrogens is 216 g/mol. The molecule has 0 aliphatic heterocycles. The van der Waals surface area contributed by atoms with Gasteiger partial charge in [-0.25, -0.2) is 0 Å².